The molecular weight excluding hydrogens is 298 g/mol. The molecule has 110 valence electrons. The number of aryl methyl sites for hydroxylation is 1. The van der Waals surface area contributed by atoms with Crippen LogP contribution in [0.5, 0.6) is 0 Å². The van der Waals surface area contributed by atoms with Gasteiger partial charge in [0.25, 0.3) is 5.91 Å². The average Bonchev–Trinajstić information content (AvgIpc) is 2.96. The zero-order valence-electron chi connectivity index (χ0n) is 11.9. The maximum absolute atomic E-state index is 12.3. The number of rotatable bonds is 4. The highest BCUT2D eigenvalue weighted by Gasteiger charge is 2.16. The van der Waals surface area contributed by atoms with Gasteiger partial charge in [0.15, 0.2) is 0 Å². The van der Waals surface area contributed by atoms with Gasteiger partial charge in [0.05, 0.1) is 12.2 Å². The fourth-order valence-electron chi connectivity index (χ4n) is 1.88. The molecule has 0 unspecified atom stereocenters. The SMILES string of the molecule is Cc1nc(-c2cccnc2)sc1C(=O)NCc1ncccn1. The molecule has 0 aromatic carbocycles. The van der Waals surface area contributed by atoms with Crippen LogP contribution in [0.25, 0.3) is 10.6 Å². The second-order valence-corrected chi connectivity index (χ2v) is 5.52. The van der Waals surface area contributed by atoms with Crippen LogP contribution >= 0.6 is 11.3 Å². The molecule has 0 aliphatic carbocycles. The summed E-state index contributed by atoms with van der Waals surface area (Å²) in [5, 5.41) is 3.60. The third-order valence-electron chi connectivity index (χ3n) is 2.94. The van der Waals surface area contributed by atoms with E-state index in [0.29, 0.717) is 22.9 Å². The van der Waals surface area contributed by atoms with E-state index in [1.165, 1.54) is 11.3 Å². The first-order valence-corrected chi connectivity index (χ1v) is 7.47. The molecule has 0 fully saturated rings. The third-order valence-corrected chi connectivity index (χ3v) is 4.14. The van der Waals surface area contributed by atoms with E-state index in [-0.39, 0.29) is 5.91 Å². The molecule has 22 heavy (non-hydrogen) atoms. The highest BCUT2D eigenvalue weighted by Crippen LogP contribution is 2.27. The van der Waals surface area contributed by atoms with Crippen molar-refractivity contribution in [1.29, 1.82) is 0 Å². The van der Waals surface area contributed by atoms with Gasteiger partial charge >= 0.3 is 0 Å². The minimum absolute atomic E-state index is 0.169. The van der Waals surface area contributed by atoms with Gasteiger partial charge in [-0.1, -0.05) is 0 Å². The molecule has 3 aromatic rings. The van der Waals surface area contributed by atoms with E-state index in [0.717, 1.165) is 10.6 Å². The van der Waals surface area contributed by atoms with E-state index >= 15 is 0 Å². The second kappa shape index (κ2) is 6.40. The van der Waals surface area contributed by atoms with Gasteiger partial charge in [0.1, 0.15) is 15.7 Å². The number of thiazole rings is 1. The van der Waals surface area contributed by atoms with Gasteiger partial charge in [-0.05, 0) is 25.1 Å². The van der Waals surface area contributed by atoms with Crippen LogP contribution in [0.2, 0.25) is 0 Å². The molecule has 0 spiro atoms. The zero-order valence-corrected chi connectivity index (χ0v) is 12.7. The van der Waals surface area contributed by atoms with E-state index in [2.05, 4.69) is 25.3 Å². The number of nitrogens with zero attached hydrogens (tertiary/aromatic N) is 4. The van der Waals surface area contributed by atoms with E-state index in [9.17, 15) is 4.79 Å². The van der Waals surface area contributed by atoms with Crippen LogP contribution in [-0.2, 0) is 6.54 Å². The van der Waals surface area contributed by atoms with Crippen LogP contribution in [0.1, 0.15) is 21.2 Å². The summed E-state index contributed by atoms with van der Waals surface area (Å²) in [4.78, 5) is 29.5. The van der Waals surface area contributed by atoms with Crippen molar-refractivity contribution in [2.45, 2.75) is 13.5 Å². The summed E-state index contributed by atoms with van der Waals surface area (Å²) in [6.07, 6.45) is 6.73. The molecule has 3 aromatic heterocycles. The van der Waals surface area contributed by atoms with Crippen molar-refractivity contribution < 1.29 is 4.79 Å². The number of hydrogen-bond acceptors (Lipinski definition) is 6. The van der Waals surface area contributed by atoms with Gasteiger partial charge in [-0.2, -0.15) is 0 Å². The van der Waals surface area contributed by atoms with E-state index in [4.69, 9.17) is 0 Å². The molecule has 7 heteroatoms. The van der Waals surface area contributed by atoms with Crippen molar-refractivity contribution in [2.24, 2.45) is 0 Å². The van der Waals surface area contributed by atoms with Gasteiger partial charge in [-0.3, -0.25) is 9.78 Å². The lowest BCUT2D eigenvalue weighted by Gasteiger charge is -2.02. The maximum atomic E-state index is 12.3. The number of aromatic nitrogens is 4. The second-order valence-electron chi connectivity index (χ2n) is 4.52. The van der Waals surface area contributed by atoms with Crippen molar-refractivity contribution in [3.8, 4) is 10.6 Å². The number of amides is 1. The molecular formula is C15H13N5OS. The normalized spacial score (nSPS) is 10.4. The quantitative estimate of drug-likeness (QED) is 0.799. The number of nitrogens with one attached hydrogen (secondary N) is 1. The van der Waals surface area contributed by atoms with E-state index in [1.54, 1.807) is 30.9 Å². The predicted octanol–water partition coefficient (Wildman–Crippen LogP) is 2.23. The highest BCUT2D eigenvalue weighted by atomic mass is 32.1. The van der Waals surface area contributed by atoms with Gasteiger partial charge < -0.3 is 5.32 Å². The molecule has 0 aliphatic rings. The van der Waals surface area contributed by atoms with Crippen molar-refractivity contribution >= 4 is 17.2 Å². The standard InChI is InChI=1S/C15H13N5OS/c1-10-13(14(21)19-9-12-17-6-3-7-18-12)22-15(20-10)11-4-2-5-16-8-11/h2-8H,9H2,1H3,(H,19,21). The Morgan fingerprint density at radius 1 is 1.23 bits per heavy atom. The first kappa shape index (κ1) is 14.3. The summed E-state index contributed by atoms with van der Waals surface area (Å²) in [6.45, 7) is 2.11. The summed E-state index contributed by atoms with van der Waals surface area (Å²) >= 11 is 1.35. The fraction of sp³-hybridized carbons (Fsp3) is 0.133. The Hall–Kier alpha value is -2.67. The third kappa shape index (κ3) is 3.15. The van der Waals surface area contributed by atoms with Crippen LogP contribution in [0, 0.1) is 6.92 Å². The first-order valence-electron chi connectivity index (χ1n) is 6.66. The number of hydrogen-bond donors (Lipinski definition) is 1. The Labute approximate surface area is 131 Å². The zero-order chi connectivity index (χ0) is 15.4. The molecule has 0 bridgehead atoms. The molecule has 6 nitrogen and oxygen atoms in total. The van der Waals surface area contributed by atoms with Crippen LogP contribution in [0.15, 0.2) is 43.0 Å². The fourth-order valence-corrected chi connectivity index (χ4v) is 2.85. The van der Waals surface area contributed by atoms with Crippen LogP contribution < -0.4 is 5.32 Å². The topological polar surface area (TPSA) is 80.7 Å². The Kier molecular flexibility index (Phi) is 4.15. The summed E-state index contributed by atoms with van der Waals surface area (Å²) in [5.41, 5.74) is 1.61. The summed E-state index contributed by atoms with van der Waals surface area (Å²) < 4.78 is 0. The molecule has 0 radical (unpaired) electrons. The molecule has 0 saturated heterocycles. The lowest BCUT2D eigenvalue weighted by molar-refractivity contribution is 0.0953. The van der Waals surface area contributed by atoms with Crippen molar-refractivity contribution in [2.75, 3.05) is 0 Å². The van der Waals surface area contributed by atoms with Gasteiger partial charge in [0, 0.05) is 30.4 Å². The molecule has 0 atom stereocenters. The summed E-state index contributed by atoms with van der Waals surface area (Å²) in [5.74, 6) is 0.406. The average molecular weight is 311 g/mol. The number of carbonyl (C=O) groups is 1. The molecule has 1 amide bonds. The lowest BCUT2D eigenvalue weighted by Crippen LogP contribution is -2.23. The minimum atomic E-state index is -0.169. The van der Waals surface area contributed by atoms with Crippen LogP contribution in [-0.4, -0.2) is 25.8 Å². The largest absolute Gasteiger partial charge is 0.344 e. The number of carbonyl (C=O) groups excluding carboxylic acids is 1. The van der Waals surface area contributed by atoms with E-state index < -0.39 is 0 Å². The molecule has 3 heterocycles. The van der Waals surface area contributed by atoms with Gasteiger partial charge in [-0.25, -0.2) is 15.0 Å². The van der Waals surface area contributed by atoms with E-state index in [1.807, 2.05) is 19.1 Å². The molecule has 0 saturated carbocycles. The molecule has 3 rings (SSSR count). The first-order chi connectivity index (χ1) is 10.7. The Morgan fingerprint density at radius 2 is 2.05 bits per heavy atom. The Morgan fingerprint density at radius 3 is 2.77 bits per heavy atom. The molecule has 1 N–H and O–H groups in total. The minimum Gasteiger partial charge on any atom is -0.344 e. The van der Waals surface area contributed by atoms with Crippen LogP contribution in [0.3, 0.4) is 0 Å². The van der Waals surface area contributed by atoms with Crippen molar-refractivity contribution in [1.82, 2.24) is 25.3 Å². The summed E-state index contributed by atoms with van der Waals surface area (Å²) in [6, 6.07) is 5.50. The predicted molar refractivity (Wildman–Crippen MR) is 83.3 cm³/mol. The van der Waals surface area contributed by atoms with Gasteiger partial charge in [-0.15, -0.1) is 11.3 Å². The highest BCUT2D eigenvalue weighted by molar-refractivity contribution is 7.17. The maximum Gasteiger partial charge on any atom is 0.263 e. The monoisotopic (exact) mass is 311 g/mol. The smallest absolute Gasteiger partial charge is 0.263 e. The molecule has 0 aliphatic heterocycles. The van der Waals surface area contributed by atoms with Crippen molar-refractivity contribution in [3.63, 3.8) is 0 Å². The lowest BCUT2D eigenvalue weighted by atomic mass is 10.3. The van der Waals surface area contributed by atoms with Crippen molar-refractivity contribution in [3.05, 3.63) is 59.4 Å². The Balaban J connectivity index is 1.74. The van der Waals surface area contributed by atoms with Gasteiger partial charge in [0.2, 0.25) is 0 Å². The Bertz CT molecular complexity index is 773. The van der Waals surface area contributed by atoms with Crippen LogP contribution in [0.4, 0.5) is 0 Å². The number of pyridine rings is 1. The summed E-state index contributed by atoms with van der Waals surface area (Å²) in [7, 11) is 0.